The highest BCUT2D eigenvalue weighted by molar-refractivity contribution is 6.02. The molecule has 0 aliphatic heterocycles. The second-order valence-corrected chi connectivity index (χ2v) is 6.37. The molecule has 3 aromatic carbocycles. The highest BCUT2D eigenvalue weighted by Crippen LogP contribution is 2.34. The lowest BCUT2D eigenvalue weighted by Gasteiger charge is -2.16. The van der Waals surface area contributed by atoms with Crippen LogP contribution in [0.15, 0.2) is 65.1 Å². The number of aromatic carboxylic acids is 1. The Labute approximate surface area is 155 Å². The van der Waals surface area contributed by atoms with Crippen molar-refractivity contribution in [3.63, 3.8) is 0 Å². The van der Waals surface area contributed by atoms with E-state index in [1.165, 1.54) is 12.1 Å². The van der Waals surface area contributed by atoms with Gasteiger partial charge in [0.05, 0.1) is 5.56 Å². The summed E-state index contributed by atoms with van der Waals surface area (Å²) in [4.78, 5) is 13.2. The van der Waals surface area contributed by atoms with E-state index in [0.29, 0.717) is 11.5 Å². The molecule has 0 unspecified atom stereocenters. The van der Waals surface area contributed by atoms with Gasteiger partial charge in [0, 0.05) is 36.3 Å². The first-order valence-corrected chi connectivity index (χ1v) is 8.41. The predicted molar refractivity (Wildman–Crippen MR) is 104 cm³/mol. The smallest absolute Gasteiger partial charge is 0.335 e. The molecular formula is C21H17N3O3. The van der Waals surface area contributed by atoms with E-state index in [4.69, 9.17) is 9.52 Å². The maximum atomic E-state index is 11.2. The Kier molecular flexibility index (Phi) is 4.08. The van der Waals surface area contributed by atoms with Crippen molar-refractivity contribution in [3.8, 4) is 22.9 Å². The van der Waals surface area contributed by atoms with Crippen molar-refractivity contribution in [2.24, 2.45) is 0 Å². The lowest BCUT2D eigenvalue weighted by Crippen LogP contribution is -2.09. The zero-order chi connectivity index (χ0) is 19.0. The first-order chi connectivity index (χ1) is 13.0. The van der Waals surface area contributed by atoms with Gasteiger partial charge in [-0.05, 0) is 35.7 Å². The summed E-state index contributed by atoms with van der Waals surface area (Å²) >= 11 is 0. The number of nitrogens with zero attached hydrogens (tertiary/aromatic N) is 3. The molecule has 0 spiro atoms. The van der Waals surface area contributed by atoms with Crippen LogP contribution in [-0.4, -0.2) is 35.4 Å². The summed E-state index contributed by atoms with van der Waals surface area (Å²) in [5.74, 6) is -0.317. The Bertz CT molecular complexity index is 1150. The van der Waals surface area contributed by atoms with Gasteiger partial charge in [0.15, 0.2) is 0 Å². The summed E-state index contributed by atoms with van der Waals surface area (Å²) in [6.07, 6.45) is 0. The highest BCUT2D eigenvalue weighted by atomic mass is 16.4. The van der Waals surface area contributed by atoms with Crippen LogP contribution in [0, 0.1) is 0 Å². The molecule has 6 heteroatoms. The van der Waals surface area contributed by atoms with Gasteiger partial charge in [-0.25, -0.2) is 4.79 Å². The SMILES string of the molecule is CN(C)c1ccc(-c2nnc(-c3cccc(C(=O)O)c3)o2)c2ccccc12. The number of aromatic nitrogens is 2. The van der Waals surface area contributed by atoms with Crippen LogP contribution >= 0.6 is 0 Å². The molecule has 4 rings (SSSR count). The molecule has 0 saturated heterocycles. The fourth-order valence-electron chi connectivity index (χ4n) is 3.09. The van der Waals surface area contributed by atoms with Crippen molar-refractivity contribution in [2.45, 2.75) is 0 Å². The zero-order valence-corrected chi connectivity index (χ0v) is 14.9. The summed E-state index contributed by atoms with van der Waals surface area (Å²) < 4.78 is 5.87. The standard InChI is InChI=1S/C21H17N3O3/c1-24(2)18-11-10-17(15-8-3-4-9-16(15)18)20-23-22-19(27-20)13-6-5-7-14(12-13)21(25)26/h3-12H,1-2H3,(H,25,26). The van der Waals surface area contributed by atoms with Crippen molar-refractivity contribution in [1.82, 2.24) is 10.2 Å². The first kappa shape index (κ1) is 16.8. The lowest BCUT2D eigenvalue weighted by atomic mass is 10.0. The predicted octanol–water partition coefficient (Wildman–Crippen LogP) is 4.32. The van der Waals surface area contributed by atoms with Crippen LogP contribution < -0.4 is 4.90 Å². The number of fused-ring (bicyclic) bond motifs is 1. The fraction of sp³-hybridized carbons (Fsp3) is 0.0952. The summed E-state index contributed by atoms with van der Waals surface area (Å²) in [6.45, 7) is 0. The molecule has 0 bridgehead atoms. The van der Waals surface area contributed by atoms with Gasteiger partial charge >= 0.3 is 5.97 Å². The number of carbonyl (C=O) groups is 1. The lowest BCUT2D eigenvalue weighted by molar-refractivity contribution is 0.0697. The molecule has 0 aliphatic rings. The van der Waals surface area contributed by atoms with Crippen molar-refractivity contribution >= 4 is 22.4 Å². The summed E-state index contributed by atoms with van der Waals surface area (Å²) in [6, 6.07) is 18.5. The summed E-state index contributed by atoms with van der Waals surface area (Å²) in [7, 11) is 4.00. The molecule has 1 heterocycles. The van der Waals surface area contributed by atoms with Gasteiger partial charge in [0.1, 0.15) is 0 Å². The average molecular weight is 359 g/mol. The number of carboxylic acids is 1. The fourth-order valence-corrected chi connectivity index (χ4v) is 3.09. The number of benzene rings is 3. The van der Waals surface area contributed by atoms with E-state index in [1.807, 2.05) is 44.4 Å². The Balaban J connectivity index is 1.82. The molecule has 0 aliphatic carbocycles. The second-order valence-electron chi connectivity index (χ2n) is 6.37. The van der Waals surface area contributed by atoms with Crippen LogP contribution in [0.25, 0.3) is 33.7 Å². The van der Waals surface area contributed by atoms with Crippen molar-refractivity contribution < 1.29 is 14.3 Å². The van der Waals surface area contributed by atoms with Gasteiger partial charge in [-0.2, -0.15) is 0 Å². The van der Waals surface area contributed by atoms with Gasteiger partial charge < -0.3 is 14.4 Å². The molecule has 27 heavy (non-hydrogen) atoms. The van der Waals surface area contributed by atoms with Crippen LogP contribution in [0.2, 0.25) is 0 Å². The van der Waals surface area contributed by atoms with Gasteiger partial charge in [0.25, 0.3) is 0 Å². The topological polar surface area (TPSA) is 79.5 Å². The van der Waals surface area contributed by atoms with Crippen molar-refractivity contribution in [3.05, 3.63) is 66.2 Å². The molecule has 6 nitrogen and oxygen atoms in total. The highest BCUT2D eigenvalue weighted by Gasteiger charge is 2.16. The van der Waals surface area contributed by atoms with Crippen LogP contribution in [-0.2, 0) is 0 Å². The minimum atomic E-state index is -0.998. The normalized spacial score (nSPS) is 10.9. The minimum absolute atomic E-state index is 0.174. The maximum absolute atomic E-state index is 11.2. The number of anilines is 1. The Morgan fingerprint density at radius 2 is 1.67 bits per heavy atom. The monoisotopic (exact) mass is 359 g/mol. The molecular weight excluding hydrogens is 342 g/mol. The molecule has 0 atom stereocenters. The van der Waals surface area contributed by atoms with Gasteiger partial charge in [-0.3, -0.25) is 0 Å². The van der Waals surface area contributed by atoms with Gasteiger partial charge in [0.2, 0.25) is 11.8 Å². The van der Waals surface area contributed by atoms with E-state index in [1.54, 1.807) is 12.1 Å². The number of carboxylic acid groups (broad SMARTS) is 1. The molecule has 0 saturated carbocycles. The zero-order valence-electron chi connectivity index (χ0n) is 14.9. The third kappa shape index (κ3) is 3.01. The van der Waals surface area contributed by atoms with Crippen LogP contribution in [0.1, 0.15) is 10.4 Å². The Morgan fingerprint density at radius 3 is 2.41 bits per heavy atom. The molecule has 0 radical (unpaired) electrons. The molecule has 0 amide bonds. The van der Waals surface area contributed by atoms with Crippen molar-refractivity contribution in [1.29, 1.82) is 0 Å². The minimum Gasteiger partial charge on any atom is -0.478 e. The van der Waals surface area contributed by atoms with Crippen molar-refractivity contribution in [2.75, 3.05) is 19.0 Å². The van der Waals surface area contributed by atoms with E-state index in [0.717, 1.165) is 22.0 Å². The van der Waals surface area contributed by atoms with E-state index >= 15 is 0 Å². The largest absolute Gasteiger partial charge is 0.478 e. The number of hydrogen-bond donors (Lipinski definition) is 1. The van der Waals surface area contributed by atoms with E-state index in [9.17, 15) is 4.79 Å². The Morgan fingerprint density at radius 1 is 0.926 bits per heavy atom. The second kappa shape index (κ2) is 6.57. The van der Waals surface area contributed by atoms with Crippen LogP contribution in [0.3, 0.4) is 0 Å². The first-order valence-electron chi connectivity index (χ1n) is 8.41. The van der Waals surface area contributed by atoms with E-state index in [-0.39, 0.29) is 11.5 Å². The molecule has 0 fully saturated rings. The van der Waals surface area contributed by atoms with E-state index in [2.05, 4.69) is 21.2 Å². The molecule has 134 valence electrons. The quantitative estimate of drug-likeness (QED) is 0.584. The number of rotatable bonds is 4. The molecule has 4 aromatic rings. The summed E-state index contributed by atoms with van der Waals surface area (Å²) in [5, 5.41) is 19.6. The van der Waals surface area contributed by atoms with Crippen LogP contribution in [0.4, 0.5) is 5.69 Å². The average Bonchev–Trinajstić information content (AvgIpc) is 3.17. The number of hydrogen-bond acceptors (Lipinski definition) is 5. The summed E-state index contributed by atoms with van der Waals surface area (Å²) in [5.41, 5.74) is 2.68. The molecule has 1 N–H and O–H groups in total. The Hall–Kier alpha value is -3.67. The van der Waals surface area contributed by atoms with Gasteiger partial charge in [-0.1, -0.05) is 30.3 Å². The molecule has 1 aromatic heterocycles. The third-order valence-corrected chi connectivity index (χ3v) is 4.39. The third-order valence-electron chi connectivity index (χ3n) is 4.39. The van der Waals surface area contributed by atoms with Gasteiger partial charge in [-0.15, -0.1) is 10.2 Å². The van der Waals surface area contributed by atoms with Crippen LogP contribution in [0.5, 0.6) is 0 Å². The maximum Gasteiger partial charge on any atom is 0.335 e. The van der Waals surface area contributed by atoms with E-state index < -0.39 is 5.97 Å².